The molecule has 358 valence electrons. The van der Waals surface area contributed by atoms with Gasteiger partial charge >= 0.3 is 0 Å². The first-order valence-corrected chi connectivity index (χ1v) is 25.9. The third kappa shape index (κ3) is 8.27. The number of hydrogen-bond donors (Lipinski definition) is 0. The van der Waals surface area contributed by atoms with Crippen LogP contribution in [0.3, 0.4) is 0 Å². The number of para-hydroxylation sites is 6. The van der Waals surface area contributed by atoms with Gasteiger partial charge in [0.2, 0.25) is 0 Å². The van der Waals surface area contributed by atoms with Crippen molar-refractivity contribution < 1.29 is 14.4 Å². The number of fused-ring (bicyclic) bond motifs is 10. The van der Waals surface area contributed by atoms with E-state index >= 15 is 0 Å². The molecule has 0 radical (unpaired) electrons. The predicted molar refractivity (Wildman–Crippen MR) is 304 cm³/mol. The van der Waals surface area contributed by atoms with Gasteiger partial charge in [-0.15, -0.1) is 0 Å². The Morgan fingerprint density at radius 2 is 0.784 bits per heavy atom. The number of carbonyl (C=O) groups excluding carboxylic acids is 3. The van der Waals surface area contributed by atoms with Gasteiger partial charge in [0.25, 0.3) is 0 Å². The van der Waals surface area contributed by atoms with E-state index in [2.05, 4.69) is 209 Å². The Hall–Kier alpha value is -8.71. The van der Waals surface area contributed by atoms with Crippen molar-refractivity contribution in [1.82, 2.24) is 0 Å². The number of halogens is 1. The Labute approximate surface area is 441 Å². The molecule has 74 heavy (non-hydrogen) atoms. The third-order valence-electron chi connectivity index (χ3n) is 14.3. The fourth-order valence-corrected chi connectivity index (χ4v) is 11.3. The smallest absolute Gasteiger partial charge is 0.194 e. The molecule has 0 saturated carbocycles. The van der Waals surface area contributed by atoms with Crippen molar-refractivity contribution in [3.8, 4) is 0 Å². The van der Waals surface area contributed by atoms with Crippen LogP contribution in [0.5, 0.6) is 0 Å². The number of anilines is 6. The summed E-state index contributed by atoms with van der Waals surface area (Å²) in [5.41, 5.74) is 16.7. The van der Waals surface area contributed by atoms with Crippen LogP contribution in [0.15, 0.2) is 253 Å². The molecule has 10 aromatic rings. The monoisotopic (exact) mass is 1020 g/mol. The number of carbonyl (C=O) groups is 3. The fourth-order valence-electron chi connectivity index (χ4n) is 10.9. The van der Waals surface area contributed by atoms with Crippen LogP contribution in [0.25, 0.3) is 0 Å². The predicted octanol–water partition coefficient (Wildman–Crippen LogP) is 16.9. The van der Waals surface area contributed by atoms with Gasteiger partial charge in [-0.3, -0.25) is 14.4 Å². The summed E-state index contributed by atoms with van der Waals surface area (Å²) in [6.07, 6.45) is 1.75. The molecule has 5 nitrogen and oxygen atoms in total. The van der Waals surface area contributed by atoms with Crippen LogP contribution in [0, 0.1) is 0 Å². The highest BCUT2D eigenvalue weighted by molar-refractivity contribution is 9.10. The average Bonchev–Trinajstić information content (AvgIpc) is 3.47. The second-order valence-corrected chi connectivity index (χ2v) is 19.3. The maximum atomic E-state index is 13.9. The molecule has 1 heterocycles. The molecule has 0 bridgehead atoms. The van der Waals surface area contributed by atoms with E-state index < -0.39 is 5.41 Å². The Morgan fingerprint density at radius 1 is 0.378 bits per heavy atom. The molecule has 3 aliphatic rings. The zero-order chi connectivity index (χ0) is 50.8. The summed E-state index contributed by atoms with van der Waals surface area (Å²) in [5, 5.41) is 0. The minimum absolute atomic E-state index is 0.0458. The van der Waals surface area contributed by atoms with Gasteiger partial charge in [-0.05, 0) is 135 Å². The molecular formula is C68H51BrN2O3. The summed E-state index contributed by atoms with van der Waals surface area (Å²) in [4.78, 5) is 43.2. The molecule has 13 rings (SSSR count). The fraction of sp³-hybridized carbons (Fsp3) is 0.0735. The summed E-state index contributed by atoms with van der Waals surface area (Å²) in [5.74, 6) is 0.0142. The topological polar surface area (TPSA) is 57.7 Å². The Kier molecular flexibility index (Phi) is 13.1. The van der Waals surface area contributed by atoms with Crippen molar-refractivity contribution in [2.75, 3.05) is 9.80 Å². The van der Waals surface area contributed by atoms with E-state index in [9.17, 15) is 14.4 Å². The summed E-state index contributed by atoms with van der Waals surface area (Å²) >= 11 is 3.65. The first-order valence-electron chi connectivity index (χ1n) is 25.1. The van der Waals surface area contributed by atoms with E-state index in [1.54, 1.807) is 30.3 Å². The van der Waals surface area contributed by atoms with Crippen LogP contribution in [-0.4, -0.2) is 17.3 Å². The maximum absolute atomic E-state index is 13.9. The molecule has 0 aromatic heterocycles. The number of aryl methyl sites for hydroxylation is 2. The molecular weight excluding hydrogens is 973 g/mol. The SMILES string of the molecule is Brc1ccccc1N(c1ccccc1)c1ccccc1.CCc1ccc2c(c1)C(=O)c1ccccc1C21c2ccccc2N(c2ccccc2)c2ccccc21.CCc1ccc2c(c1)C(=O)c1ccccc1C2=O. The molecule has 0 unspecified atom stereocenters. The quantitative estimate of drug-likeness (QED) is 0.166. The first kappa shape index (κ1) is 47.6. The van der Waals surface area contributed by atoms with Gasteiger partial charge in [0.1, 0.15) is 0 Å². The highest BCUT2D eigenvalue weighted by atomic mass is 79.9. The maximum Gasteiger partial charge on any atom is 0.194 e. The highest BCUT2D eigenvalue weighted by Gasteiger charge is 2.51. The van der Waals surface area contributed by atoms with Crippen molar-refractivity contribution in [2.45, 2.75) is 32.1 Å². The molecule has 1 aliphatic heterocycles. The number of rotatable bonds is 6. The second-order valence-electron chi connectivity index (χ2n) is 18.5. The largest absolute Gasteiger partial charge is 0.310 e. The van der Waals surface area contributed by atoms with E-state index in [0.29, 0.717) is 22.3 Å². The zero-order valence-electron chi connectivity index (χ0n) is 41.1. The van der Waals surface area contributed by atoms with Gasteiger partial charge in [-0.25, -0.2) is 0 Å². The van der Waals surface area contributed by atoms with E-state index in [0.717, 1.165) is 79.3 Å². The van der Waals surface area contributed by atoms with Gasteiger partial charge in [0.15, 0.2) is 17.3 Å². The molecule has 0 saturated heterocycles. The Balaban J connectivity index is 0.000000131. The van der Waals surface area contributed by atoms with Crippen LogP contribution in [-0.2, 0) is 18.3 Å². The first-order chi connectivity index (χ1) is 36.3. The van der Waals surface area contributed by atoms with E-state index in [4.69, 9.17) is 0 Å². The lowest BCUT2D eigenvalue weighted by Crippen LogP contribution is -2.42. The molecule has 0 fully saturated rings. The van der Waals surface area contributed by atoms with Gasteiger partial charge in [-0.1, -0.05) is 190 Å². The van der Waals surface area contributed by atoms with Crippen LogP contribution in [0.4, 0.5) is 34.1 Å². The number of ketones is 3. The van der Waals surface area contributed by atoms with E-state index in [1.807, 2.05) is 49.4 Å². The lowest BCUT2D eigenvalue weighted by molar-refractivity contribution is 0.0979. The van der Waals surface area contributed by atoms with Gasteiger partial charge in [-0.2, -0.15) is 0 Å². The minimum Gasteiger partial charge on any atom is -0.310 e. The van der Waals surface area contributed by atoms with Crippen molar-refractivity contribution in [2.24, 2.45) is 0 Å². The third-order valence-corrected chi connectivity index (χ3v) is 15.0. The number of benzene rings is 10. The van der Waals surface area contributed by atoms with Crippen LogP contribution in [0.1, 0.15) is 95.0 Å². The van der Waals surface area contributed by atoms with Crippen molar-refractivity contribution in [3.63, 3.8) is 0 Å². The molecule has 6 heteroatoms. The molecule has 0 amide bonds. The van der Waals surface area contributed by atoms with Crippen molar-refractivity contribution >= 4 is 67.4 Å². The van der Waals surface area contributed by atoms with Crippen LogP contribution in [0.2, 0.25) is 0 Å². The van der Waals surface area contributed by atoms with Crippen LogP contribution >= 0.6 is 15.9 Å². The lowest BCUT2D eigenvalue weighted by Gasteiger charge is -2.48. The van der Waals surface area contributed by atoms with E-state index in [-0.39, 0.29) is 17.3 Å². The van der Waals surface area contributed by atoms with Gasteiger partial charge in [0.05, 0.1) is 22.5 Å². The second kappa shape index (κ2) is 20.4. The summed E-state index contributed by atoms with van der Waals surface area (Å²) in [7, 11) is 0. The highest BCUT2D eigenvalue weighted by Crippen LogP contribution is 2.60. The molecule has 10 aromatic carbocycles. The van der Waals surface area contributed by atoms with Crippen molar-refractivity contribution in [3.05, 3.63) is 320 Å². The van der Waals surface area contributed by atoms with E-state index in [1.165, 1.54) is 16.7 Å². The number of hydrogen-bond acceptors (Lipinski definition) is 5. The van der Waals surface area contributed by atoms with Gasteiger partial charge < -0.3 is 9.80 Å². The number of nitrogens with zero attached hydrogens (tertiary/aromatic N) is 2. The lowest BCUT2D eigenvalue weighted by atomic mass is 9.57. The normalized spacial score (nSPS) is 13.1. The Morgan fingerprint density at radius 3 is 1.35 bits per heavy atom. The molecule has 1 spiro atoms. The summed E-state index contributed by atoms with van der Waals surface area (Å²) in [6, 6.07) is 84.2. The van der Waals surface area contributed by atoms with Gasteiger partial charge in [0, 0.05) is 54.9 Å². The van der Waals surface area contributed by atoms with Crippen molar-refractivity contribution in [1.29, 1.82) is 0 Å². The standard InChI is InChI=1S/C34H25NO.C18H14BrN.C16H12O2/c1-2-23-20-21-28-26(22-23)33(36)25-14-6-7-15-27(25)34(28)29-16-8-10-18-31(29)35(24-12-4-3-5-13-24)32-19-11-9-17-30(32)34;19-17-13-7-8-14-18(17)20(15-9-3-1-4-10-15)16-11-5-2-6-12-16;1-2-10-7-8-13-14(9-10)16(18)12-6-4-3-5-11(12)15(13)17/h3-22H,2H2,1H3;1-14H;3-9H,2H2,1H3. The summed E-state index contributed by atoms with van der Waals surface area (Å²) < 4.78 is 1.08. The average molecular weight is 1020 g/mol. The molecule has 0 N–H and O–H groups in total. The minimum atomic E-state index is -0.593. The Bertz CT molecular complexity index is 3650. The van der Waals surface area contributed by atoms with Crippen LogP contribution < -0.4 is 9.80 Å². The summed E-state index contributed by atoms with van der Waals surface area (Å²) in [6.45, 7) is 4.17. The zero-order valence-corrected chi connectivity index (χ0v) is 42.7. The molecule has 2 aliphatic carbocycles. The molecule has 0 atom stereocenters.